The van der Waals surface area contributed by atoms with Crippen molar-refractivity contribution in [3.8, 4) is 0 Å². The van der Waals surface area contributed by atoms with Crippen molar-refractivity contribution in [3.63, 3.8) is 0 Å². The molecule has 2 N–H and O–H groups in total. The first-order valence-corrected chi connectivity index (χ1v) is 28.7. The Hall–Kier alpha value is 1.30. The zero-order valence-corrected chi connectivity index (χ0v) is 32.5. The first-order chi connectivity index (χ1) is 21.2. The van der Waals surface area contributed by atoms with Gasteiger partial charge < -0.3 is 0 Å². The van der Waals surface area contributed by atoms with Gasteiger partial charge in [0.05, 0.1) is 0 Å². The third-order valence-corrected chi connectivity index (χ3v) is 77.0. The average molecular weight is 691 g/mol. The number of piperidine rings is 2. The fourth-order valence-electron chi connectivity index (χ4n) is 29.9. The Bertz CT molecular complexity index is 1840. The van der Waals surface area contributed by atoms with E-state index >= 15 is 0 Å². The van der Waals surface area contributed by atoms with E-state index in [1.54, 1.807) is 32.1 Å². The van der Waals surface area contributed by atoms with Crippen molar-refractivity contribution in [2.75, 3.05) is 19.3 Å². The predicted octanol–water partition coefficient (Wildman–Crippen LogP) is 10.5. The minimum atomic E-state index is -4.07. The van der Waals surface area contributed by atoms with E-state index in [0.29, 0.717) is 15.7 Å². The van der Waals surface area contributed by atoms with E-state index in [1.165, 1.54) is 85.3 Å². The minimum absolute atomic E-state index is 0.0551. The third kappa shape index (κ3) is 0.778. The van der Waals surface area contributed by atoms with E-state index < -0.39 is 6.51 Å². The van der Waals surface area contributed by atoms with E-state index in [9.17, 15) is 0 Å². The zero-order valence-electron chi connectivity index (χ0n) is 29.4. The molecule has 45 heavy (non-hydrogen) atoms. The second-order valence-electron chi connectivity index (χ2n) is 24.9. The molecule has 0 aromatic carbocycles. The molecule has 4 bridgehead atoms. The Labute approximate surface area is 268 Å². The van der Waals surface area contributed by atoms with E-state index in [0.717, 1.165) is 54.4 Å². The van der Waals surface area contributed by atoms with Crippen molar-refractivity contribution in [2.45, 2.75) is 187 Å². The van der Waals surface area contributed by atoms with Gasteiger partial charge in [-0.2, -0.15) is 0 Å². The summed E-state index contributed by atoms with van der Waals surface area (Å²) < 4.78 is 2.64. The average Bonchev–Trinajstić information content (AvgIpc) is 3.94. The van der Waals surface area contributed by atoms with Crippen LogP contribution in [0.25, 0.3) is 0 Å². The van der Waals surface area contributed by atoms with Crippen LogP contribution in [-0.2, 0) is 6.51 Å². The van der Waals surface area contributed by atoms with Crippen molar-refractivity contribution < 1.29 is 6.51 Å². The quantitative estimate of drug-likeness (QED) is 0.214. The zero-order chi connectivity index (χ0) is 30.3. The van der Waals surface area contributed by atoms with Crippen LogP contribution in [-0.4, -0.2) is 47.3 Å². The van der Waals surface area contributed by atoms with Gasteiger partial charge in [-0.1, -0.05) is 0 Å². The fraction of sp³-hybridized carbons (Fsp3) is 1.00. The summed E-state index contributed by atoms with van der Waals surface area (Å²) in [7, 11) is 4.08. The molecule has 12 heterocycles. The molecule has 9 unspecified atom stereocenters. The van der Waals surface area contributed by atoms with Gasteiger partial charge in [-0.05, 0) is 0 Å². The van der Waals surface area contributed by atoms with Crippen molar-refractivity contribution in [1.29, 1.82) is 0 Å². The number of fused-ring (bicyclic) bond motifs is 10. The number of hydrogen-bond donors (Lipinski definition) is 2. The summed E-state index contributed by atoms with van der Waals surface area (Å²) in [5.74, 6) is 4.48. The molecule has 9 atom stereocenters. The summed E-state index contributed by atoms with van der Waals surface area (Å²) >= 11 is 0. The van der Waals surface area contributed by atoms with Gasteiger partial charge in [0, 0.05) is 0 Å². The van der Waals surface area contributed by atoms with Gasteiger partial charge in [-0.3, -0.25) is 0 Å². The van der Waals surface area contributed by atoms with Crippen molar-refractivity contribution >= 4 is 17.2 Å². The topological polar surface area (TPSA) is 24.1 Å². The Morgan fingerprint density at radius 2 is 1.22 bits per heavy atom. The first kappa shape index (κ1) is 26.1. The van der Waals surface area contributed by atoms with Gasteiger partial charge in [0.15, 0.2) is 0 Å². The van der Waals surface area contributed by atoms with Crippen LogP contribution < -0.4 is 10.6 Å². The predicted molar refractivity (Wildman–Crippen MR) is 190 cm³/mol. The molecule has 0 aromatic heterocycles. The van der Waals surface area contributed by atoms with E-state index in [2.05, 4.69) is 61.4 Å². The van der Waals surface area contributed by atoms with Crippen molar-refractivity contribution in [3.05, 3.63) is 0 Å². The summed E-state index contributed by atoms with van der Waals surface area (Å²) in [6, 6.07) is 1.53. The SMILES string of the molecule is CC(C)(C)P(C[C]12[CH]3[C]4(C(C)(C)C)[CH]5[C]1(C(P)(C1CCCCN1)C1CCCCN1)[Fe]35241678[CH]2[CH]1[CH]6[CH]7[CH]28)C1C2CC3CC(C2)CC1C3. The van der Waals surface area contributed by atoms with Crippen LogP contribution in [0.2, 0.25) is 46.7 Å². The number of hydrogen-bond acceptors (Lipinski definition) is 2. The van der Waals surface area contributed by atoms with Gasteiger partial charge in [-0.25, -0.2) is 0 Å². The molecule has 16 aliphatic rings. The maximum atomic E-state index is 4.41. The van der Waals surface area contributed by atoms with E-state index in [4.69, 9.17) is 0 Å². The molecule has 16 rings (SSSR count). The van der Waals surface area contributed by atoms with Crippen molar-refractivity contribution in [2.24, 2.45) is 29.1 Å². The molecule has 0 radical (unpaired) electrons. The van der Waals surface area contributed by atoms with Crippen molar-refractivity contribution in [1.82, 2.24) is 10.6 Å². The third-order valence-electron chi connectivity index (χ3n) is 26.6. The molecular weight excluding hydrogens is 626 g/mol. The van der Waals surface area contributed by atoms with Gasteiger partial charge in [-0.15, -0.1) is 0 Å². The summed E-state index contributed by atoms with van der Waals surface area (Å²) in [5, 5.41) is 9.80. The molecule has 1 spiro atoms. The maximum absolute atomic E-state index is 4.41. The molecule has 252 valence electrons. The Morgan fingerprint density at radius 1 is 0.711 bits per heavy atom. The Morgan fingerprint density at radius 3 is 1.62 bits per heavy atom. The second kappa shape index (κ2) is 4.33. The molecule has 0 aromatic rings. The van der Waals surface area contributed by atoms with Crippen LogP contribution in [0, 0.1) is 29.1 Å². The van der Waals surface area contributed by atoms with Gasteiger partial charge in [0.2, 0.25) is 0 Å². The normalized spacial score (nSPS) is 78.4. The standard InChI is InChI=1S/C35H59N2P2.C5H5.Fe/c1-33(2,3)28-20-27(22-39(34(4,5)6)32-25-16-23-15-24(18-25)19-26(32)17-23)29(21-28)35(38,30-11-7-9-13-36-30)31-12-8-10-14-37-31;1-2-4-5-3-1;/h20-21,23-26,30-32,36-37H,7-19,22,38H2,1-6H3;1-5H;. The van der Waals surface area contributed by atoms with Crippen LogP contribution in [0.4, 0.5) is 0 Å². The fourth-order valence-corrected chi connectivity index (χ4v) is 123. The molecule has 0 amide bonds. The van der Waals surface area contributed by atoms with Gasteiger partial charge in [0.25, 0.3) is 0 Å². The molecule has 2 nitrogen and oxygen atoms in total. The molecule has 12 saturated heterocycles. The molecule has 5 heteroatoms. The van der Waals surface area contributed by atoms with Crippen LogP contribution in [0.3, 0.4) is 0 Å². The summed E-state index contributed by atoms with van der Waals surface area (Å²) in [5.41, 5.74) is 1.70. The van der Waals surface area contributed by atoms with E-state index in [-0.39, 0.29) is 7.92 Å². The van der Waals surface area contributed by atoms with Gasteiger partial charge >= 0.3 is 270 Å². The molecule has 4 aliphatic carbocycles. The van der Waals surface area contributed by atoms with Crippen LogP contribution in [0.15, 0.2) is 0 Å². The van der Waals surface area contributed by atoms with Gasteiger partial charge in [0.1, 0.15) is 0 Å². The van der Waals surface area contributed by atoms with Crippen LogP contribution >= 0.6 is 17.2 Å². The van der Waals surface area contributed by atoms with Crippen LogP contribution in [0.1, 0.15) is 112 Å². The molecule has 16 fully saturated rings. The molecule has 4 saturated carbocycles. The summed E-state index contributed by atoms with van der Waals surface area (Å²) in [4.78, 5) is 9.45. The van der Waals surface area contributed by atoms with Crippen LogP contribution in [0.5, 0.6) is 0 Å². The summed E-state index contributed by atoms with van der Waals surface area (Å²) in [6.45, 7) is 15.4. The summed E-state index contributed by atoms with van der Waals surface area (Å²) in [6.07, 6.45) is 18.8. The Balaban J connectivity index is 0.994. The molecule has 12 aliphatic heterocycles. The number of rotatable bonds is 6. The second-order valence-corrected chi connectivity index (χ2v) is 52.0. The monoisotopic (exact) mass is 690 g/mol. The first-order valence-electron chi connectivity index (χ1n) is 20.4. The molecular formula is C40H64FeN2P2. The number of nitrogens with one attached hydrogen (secondary N) is 2. The van der Waals surface area contributed by atoms with E-state index in [1.807, 2.05) is 6.16 Å². The Kier molecular flexibility index (Phi) is 2.51.